The van der Waals surface area contributed by atoms with Gasteiger partial charge in [-0.3, -0.25) is 14.9 Å². The highest BCUT2D eigenvalue weighted by Crippen LogP contribution is 2.17. The highest BCUT2D eigenvalue weighted by Gasteiger charge is 2.22. The lowest BCUT2D eigenvalue weighted by Gasteiger charge is -2.14. The third-order valence-electron chi connectivity index (χ3n) is 3.21. The molecule has 0 spiro atoms. The molecule has 25 heavy (non-hydrogen) atoms. The number of carboxylic acid groups (broad SMARTS) is 1. The molecule has 11 heteroatoms. The molecule has 1 rings (SSSR count). The number of carbonyl (C=O) groups is 2. The fourth-order valence-corrected chi connectivity index (χ4v) is 2.63. The number of sulfone groups is 1. The zero-order chi connectivity index (χ0) is 19.0. The predicted molar refractivity (Wildman–Crippen MR) is 87.1 cm³/mol. The van der Waals surface area contributed by atoms with Crippen LogP contribution in [0.4, 0.5) is 5.69 Å². The molecule has 1 aromatic carbocycles. The number of carboxylic acids is 1. The Morgan fingerprint density at radius 2 is 1.92 bits per heavy atom. The number of benzene rings is 1. The van der Waals surface area contributed by atoms with Crippen LogP contribution < -0.4 is 10.1 Å². The zero-order valence-corrected chi connectivity index (χ0v) is 14.2. The Kier molecular flexibility index (Phi) is 7.30. The van der Waals surface area contributed by atoms with Gasteiger partial charge in [0.15, 0.2) is 6.61 Å². The van der Waals surface area contributed by atoms with Gasteiger partial charge in [0, 0.05) is 17.9 Å². The predicted octanol–water partition coefficient (Wildman–Crippen LogP) is 0.368. The Hall–Kier alpha value is -2.69. The number of nitrogens with zero attached hydrogens (tertiary/aromatic N) is 1. The largest absolute Gasteiger partial charge is 0.484 e. The topological polar surface area (TPSA) is 153 Å². The summed E-state index contributed by atoms with van der Waals surface area (Å²) in [7, 11) is -3.35. The van der Waals surface area contributed by atoms with Crippen molar-refractivity contribution in [1.29, 1.82) is 0 Å². The minimum atomic E-state index is -3.35. The van der Waals surface area contributed by atoms with Crippen LogP contribution in [0.2, 0.25) is 0 Å². The molecule has 0 radical (unpaired) electrons. The smallest absolute Gasteiger partial charge is 0.326 e. The number of aliphatic carboxylic acids is 1. The van der Waals surface area contributed by atoms with Gasteiger partial charge in [0.25, 0.3) is 11.6 Å². The normalized spacial score (nSPS) is 12.2. The Bertz CT molecular complexity index is 730. The number of nitro groups is 1. The van der Waals surface area contributed by atoms with Crippen LogP contribution in [0.15, 0.2) is 24.3 Å². The fraction of sp³-hybridized carbons (Fsp3) is 0.429. The van der Waals surface area contributed by atoms with E-state index in [1.54, 1.807) is 0 Å². The summed E-state index contributed by atoms with van der Waals surface area (Å²) in [5.41, 5.74) is -0.139. The molecule has 0 saturated heterocycles. The van der Waals surface area contributed by atoms with Gasteiger partial charge in [-0.05, 0) is 18.6 Å². The first-order valence-electron chi connectivity index (χ1n) is 7.24. The Balaban J connectivity index is 2.54. The number of hydrogen-bond acceptors (Lipinski definition) is 7. The van der Waals surface area contributed by atoms with Crippen molar-refractivity contribution in [3.8, 4) is 5.75 Å². The maximum atomic E-state index is 11.7. The van der Waals surface area contributed by atoms with Crippen molar-refractivity contribution < 1.29 is 32.8 Å². The molecular weight excluding hydrogens is 356 g/mol. The quantitative estimate of drug-likeness (QED) is 0.440. The molecule has 2 N–H and O–H groups in total. The molecule has 0 heterocycles. The average Bonchev–Trinajstić information content (AvgIpc) is 2.56. The van der Waals surface area contributed by atoms with Crippen molar-refractivity contribution in [3.05, 3.63) is 34.4 Å². The van der Waals surface area contributed by atoms with E-state index in [1.165, 1.54) is 31.2 Å². The summed E-state index contributed by atoms with van der Waals surface area (Å²) in [6.45, 7) is 0.934. The van der Waals surface area contributed by atoms with E-state index >= 15 is 0 Å². The van der Waals surface area contributed by atoms with Crippen LogP contribution in [0.5, 0.6) is 5.75 Å². The van der Waals surface area contributed by atoms with Gasteiger partial charge in [-0.15, -0.1) is 0 Å². The second-order valence-electron chi connectivity index (χ2n) is 5.02. The van der Waals surface area contributed by atoms with Crippen LogP contribution in [-0.2, 0) is 19.4 Å². The second-order valence-corrected chi connectivity index (χ2v) is 7.50. The van der Waals surface area contributed by atoms with Gasteiger partial charge in [-0.25, -0.2) is 13.2 Å². The molecule has 1 aromatic rings. The minimum Gasteiger partial charge on any atom is -0.484 e. The maximum absolute atomic E-state index is 11.7. The zero-order valence-electron chi connectivity index (χ0n) is 13.4. The van der Waals surface area contributed by atoms with Gasteiger partial charge in [0.2, 0.25) is 0 Å². The molecule has 10 nitrogen and oxygen atoms in total. The van der Waals surface area contributed by atoms with Crippen molar-refractivity contribution in [2.75, 3.05) is 18.1 Å². The Labute approximate surface area is 143 Å². The van der Waals surface area contributed by atoms with Crippen LogP contribution in [0.25, 0.3) is 0 Å². The molecule has 0 bridgehead atoms. The fourth-order valence-electron chi connectivity index (χ4n) is 1.75. The van der Waals surface area contributed by atoms with Crippen molar-refractivity contribution in [2.45, 2.75) is 19.4 Å². The van der Waals surface area contributed by atoms with Crippen molar-refractivity contribution in [3.63, 3.8) is 0 Å². The molecule has 1 atom stereocenters. The molecule has 138 valence electrons. The number of ether oxygens (including phenoxy) is 1. The van der Waals surface area contributed by atoms with Gasteiger partial charge in [0.05, 0.1) is 10.7 Å². The first kappa shape index (κ1) is 20.4. The number of hydrogen-bond donors (Lipinski definition) is 2. The average molecular weight is 374 g/mol. The van der Waals surface area contributed by atoms with E-state index in [0.29, 0.717) is 0 Å². The Morgan fingerprint density at radius 3 is 2.40 bits per heavy atom. The lowest BCUT2D eigenvalue weighted by molar-refractivity contribution is -0.384. The number of non-ortho nitro benzene ring substituents is 1. The number of amides is 1. The lowest BCUT2D eigenvalue weighted by atomic mass is 10.2. The molecule has 1 unspecified atom stereocenters. The molecule has 0 aliphatic heterocycles. The van der Waals surface area contributed by atoms with Crippen LogP contribution in [-0.4, -0.2) is 54.5 Å². The van der Waals surface area contributed by atoms with E-state index in [0.717, 1.165) is 0 Å². The van der Waals surface area contributed by atoms with Gasteiger partial charge < -0.3 is 15.2 Å². The van der Waals surface area contributed by atoms with Crippen molar-refractivity contribution in [1.82, 2.24) is 5.32 Å². The molecule has 0 aromatic heterocycles. The first-order valence-corrected chi connectivity index (χ1v) is 9.06. The first-order chi connectivity index (χ1) is 11.6. The van der Waals surface area contributed by atoms with Crippen LogP contribution in [0, 0.1) is 10.1 Å². The molecule has 0 fully saturated rings. The summed E-state index contributed by atoms with van der Waals surface area (Å²) in [5, 5.41) is 21.7. The van der Waals surface area contributed by atoms with Crippen LogP contribution in [0.3, 0.4) is 0 Å². The van der Waals surface area contributed by atoms with E-state index in [-0.39, 0.29) is 29.4 Å². The van der Waals surface area contributed by atoms with Crippen LogP contribution >= 0.6 is 0 Å². The molecule has 1 amide bonds. The van der Waals surface area contributed by atoms with Gasteiger partial charge in [0.1, 0.15) is 21.6 Å². The van der Waals surface area contributed by atoms with Crippen LogP contribution in [0.1, 0.15) is 13.3 Å². The SMILES string of the molecule is CCS(=O)(=O)CCC(NC(=O)COc1ccc([N+](=O)[O-])cc1)C(=O)O. The van der Waals surface area contributed by atoms with Gasteiger partial charge in [-0.2, -0.15) is 0 Å². The summed E-state index contributed by atoms with van der Waals surface area (Å²) < 4.78 is 27.9. The van der Waals surface area contributed by atoms with E-state index in [2.05, 4.69) is 5.32 Å². The molecular formula is C14H18N2O8S. The van der Waals surface area contributed by atoms with Gasteiger partial charge in [-0.1, -0.05) is 6.92 Å². The summed E-state index contributed by atoms with van der Waals surface area (Å²) in [6, 6.07) is 3.64. The van der Waals surface area contributed by atoms with Crippen molar-refractivity contribution >= 4 is 27.4 Å². The molecule has 0 aliphatic carbocycles. The summed E-state index contributed by atoms with van der Waals surface area (Å²) >= 11 is 0. The van der Waals surface area contributed by atoms with E-state index in [1.807, 2.05) is 0 Å². The minimum absolute atomic E-state index is 0.115. The summed E-state index contributed by atoms with van der Waals surface area (Å²) in [4.78, 5) is 32.8. The van der Waals surface area contributed by atoms with E-state index in [9.17, 15) is 28.1 Å². The maximum Gasteiger partial charge on any atom is 0.326 e. The highest BCUT2D eigenvalue weighted by molar-refractivity contribution is 7.91. The lowest BCUT2D eigenvalue weighted by Crippen LogP contribution is -2.44. The van der Waals surface area contributed by atoms with E-state index in [4.69, 9.17) is 9.84 Å². The monoisotopic (exact) mass is 374 g/mol. The van der Waals surface area contributed by atoms with Crippen molar-refractivity contribution in [2.24, 2.45) is 0 Å². The standard InChI is InChI=1S/C14H18N2O8S/c1-2-25(22,23)8-7-12(14(18)19)15-13(17)9-24-11-5-3-10(4-6-11)16(20)21/h3-6,12H,2,7-9H2,1H3,(H,15,17)(H,18,19). The number of nitrogens with one attached hydrogen (secondary N) is 1. The Morgan fingerprint density at radius 1 is 1.32 bits per heavy atom. The third kappa shape index (κ3) is 7.16. The second kappa shape index (κ2) is 8.97. The van der Waals surface area contributed by atoms with Gasteiger partial charge >= 0.3 is 5.97 Å². The number of rotatable bonds is 10. The highest BCUT2D eigenvalue weighted by atomic mass is 32.2. The summed E-state index contributed by atoms with van der Waals surface area (Å²) in [6.07, 6.45) is -0.255. The summed E-state index contributed by atoms with van der Waals surface area (Å²) in [5.74, 6) is -2.38. The molecule has 0 saturated carbocycles. The number of nitro benzene ring substituents is 1. The number of carbonyl (C=O) groups excluding carboxylic acids is 1. The van der Waals surface area contributed by atoms with E-state index < -0.39 is 39.3 Å². The molecule has 0 aliphatic rings. The third-order valence-corrected chi connectivity index (χ3v) is 4.95.